The molecule has 3 rings (SSSR count). The van der Waals surface area contributed by atoms with Gasteiger partial charge in [-0.1, -0.05) is 29.3 Å². The molecule has 8 heteroatoms. The molecule has 0 saturated carbocycles. The third-order valence-electron chi connectivity index (χ3n) is 4.82. The van der Waals surface area contributed by atoms with Crippen molar-refractivity contribution in [3.63, 3.8) is 0 Å². The SMILES string of the molecule is COc1ccc(CN2CCN(c3cc(Cl)cc(Cl)c3)CC2C(=O)O)cc1OC. The highest BCUT2D eigenvalue weighted by Crippen LogP contribution is 2.30. The van der Waals surface area contributed by atoms with Crippen LogP contribution in [0.15, 0.2) is 36.4 Å². The summed E-state index contributed by atoms with van der Waals surface area (Å²) in [7, 11) is 3.16. The summed E-state index contributed by atoms with van der Waals surface area (Å²) in [6, 6.07) is 10.2. The molecule has 2 aromatic rings. The minimum atomic E-state index is -0.863. The van der Waals surface area contributed by atoms with Crippen LogP contribution in [0.5, 0.6) is 11.5 Å². The van der Waals surface area contributed by atoms with E-state index >= 15 is 0 Å². The van der Waals surface area contributed by atoms with E-state index in [2.05, 4.69) is 0 Å². The second kappa shape index (κ2) is 8.90. The maximum absolute atomic E-state index is 11.9. The molecule has 1 heterocycles. The minimum absolute atomic E-state index is 0.347. The first kappa shape index (κ1) is 20.6. The topological polar surface area (TPSA) is 62.2 Å². The Morgan fingerprint density at radius 2 is 1.75 bits per heavy atom. The minimum Gasteiger partial charge on any atom is -0.493 e. The molecule has 1 saturated heterocycles. The summed E-state index contributed by atoms with van der Waals surface area (Å²) >= 11 is 12.2. The van der Waals surface area contributed by atoms with Crippen LogP contribution in [-0.2, 0) is 11.3 Å². The lowest BCUT2D eigenvalue weighted by atomic mass is 10.1. The van der Waals surface area contributed by atoms with Crippen LogP contribution in [0.4, 0.5) is 5.69 Å². The molecular weight excluding hydrogens is 403 g/mol. The number of benzene rings is 2. The number of piperazine rings is 1. The monoisotopic (exact) mass is 424 g/mol. The van der Waals surface area contributed by atoms with Gasteiger partial charge in [-0.25, -0.2) is 0 Å². The van der Waals surface area contributed by atoms with Gasteiger partial charge in [0.05, 0.1) is 14.2 Å². The molecule has 0 aliphatic carbocycles. The molecule has 1 N–H and O–H groups in total. The number of hydrogen-bond acceptors (Lipinski definition) is 5. The predicted molar refractivity (Wildman–Crippen MR) is 110 cm³/mol. The van der Waals surface area contributed by atoms with Crippen molar-refractivity contribution in [2.24, 2.45) is 0 Å². The lowest BCUT2D eigenvalue weighted by Gasteiger charge is -2.40. The van der Waals surface area contributed by atoms with Gasteiger partial charge in [0.25, 0.3) is 0 Å². The number of hydrogen-bond donors (Lipinski definition) is 1. The molecule has 0 spiro atoms. The first-order chi connectivity index (χ1) is 13.4. The number of rotatable bonds is 6. The Labute approximate surface area is 174 Å². The molecule has 0 bridgehead atoms. The van der Waals surface area contributed by atoms with Gasteiger partial charge in [0.15, 0.2) is 11.5 Å². The van der Waals surface area contributed by atoms with E-state index in [9.17, 15) is 9.90 Å². The van der Waals surface area contributed by atoms with E-state index in [4.69, 9.17) is 32.7 Å². The number of halogens is 2. The Hall–Kier alpha value is -2.15. The van der Waals surface area contributed by atoms with Crippen molar-refractivity contribution in [1.82, 2.24) is 4.90 Å². The molecule has 1 fully saturated rings. The Bertz CT molecular complexity index is 842. The summed E-state index contributed by atoms with van der Waals surface area (Å²) in [5, 5.41) is 10.8. The molecule has 28 heavy (non-hydrogen) atoms. The summed E-state index contributed by atoms with van der Waals surface area (Å²) in [5.41, 5.74) is 1.79. The van der Waals surface area contributed by atoms with Gasteiger partial charge < -0.3 is 19.5 Å². The zero-order valence-electron chi connectivity index (χ0n) is 15.7. The Kier molecular flexibility index (Phi) is 6.54. The molecule has 150 valence electrons. The van der Waals surface area contributed by atoms with Gasteiger partial charge >= 0.3 is 5.97 Å². The molecule has 6 nitrogen and oxygen atoms in total. The zero-order chi connectivity index (χ0) is 20.3. The normalized spacial score (nSPS) is 17.4. The molecule has 0 radical (unpaired) electrons. The van der Waals surface area contributed by atoms with Crippen LogP contribution in [0.3, 0.4) is 0 Å². The van der Waals surface area contributed by atoms with Gasteiger partial charge in [-0.05, 0) is 35.9 Å². The quantitative estimate of drug-likeness (QED) is 0.760. The van der Waals surface area contributed by atoms with Crippen molar-refractivity contribution in [2.75, 3.05) is 38.8 Å². The van der Waals surface area contributed by atoms with Gasteiger partial charge in [0.1, 0.15) is 6.04 Å². The maximum atomic E-state index is 11.9. The van der Waals surface area contributed by atoms with Crippen LogP contribution >= 0.6 is 23.2 Å². The van der Waals surface area contributed by atoms with Crippen molar-refractivity contribution in [1.29, 1.82) is 0 Å². The fraction of sp³-hybridized carbons (Fsp3) is 0.350. The molecule has 1 aliphatic rings. The summed E-state index contributed by atoms with van der Waals surface area (Å²) in [4.78, 5) is 15.9. The third kappa shape index (κ3) is 4.63. The van der Waals surface area contributed by atoms with Crippen molar-refractivity contribution in [3.8, 4) is 11.5 Å². The Morgan fingerprint density at radius 1 is 1.07 bits per heavy atom. The molecular formula is C20H22Cl2N2O4. The second-order valence-electron chi connectivity index (χ2n) is 6.59. The number of carboxylic acid groups (broad SMARTS) is 1. The van der Waals surface area contributed by atoms with Crippen molar-refractivity contribution in [2.45, 2.75) is 12.6 Å². The highest BCUT2D eigenvalue weighted by molar-refractivity contribution is 6.35. The number of carbonyl (C=O) groups is 1. The number of aliphatic carboxylic acids is 1. The van der Waals surface area contributed by atoms with Crippen LogP contribution in [-0.4, -0.2) is 55.9 Å². The van der Waals surface area contributed by atoms with E-state index in [-0.39, 0.29) is 0 Å². The van der Waals surface area contributed by atoms with Crippen LogP contribution in [0.1, 0.15) is 5.56 Å². The number of methoxy groups -OCH3 is 2. The van der Waals surface area contributed by atoms with Gasteiger partial charge in [-0.3, -0.25) is 9.69 Å². The number of ether oxygens (including phenoxy) is 2. The maximum Gasteiger partial charge on any atom is 0.322 e. The standard InChI is InChI=1S/C20H22Cl2N2O4/c1-27-18-4-3-13(7-19(18)28-2)11-24-6-5-23(12-17(24)20(25)26)16-9-14(21)8-15(22)10-16/h3-4,7-10,17H,5-6,11-12H2,1-2H3,(H,25,26). The first-order valence-corrected chi connectivity index (χ1v) is 9.55. The Balaban J connectivity index is 1.77. The summed E-state index contributed by atoms with van der Waals surface area (Å²) in [6.07, 6.45) is 0. The molecule has 0 amide bonds. The number of nitrogens with zero attached hydrogens (tertiary/aromatic N) is 2. The van der Waals surface area contributed by atoms with E-state index < -0.39 is 12.0 Å². The van der Waals surface area contributed by atoms with E-state index in [1.54, 1.807) is 32.4 Å². The van der Waals surface area contributed by atoms with E-state index in [0.717, 1.165) is 11.3 Å². The second-order valence-corrected chi connectivity index (χ2v) is 7.46. The molecule has 1 aliphatic heterocycles. The van der Waals surface area contributed by atoms with E-state index in [0.29, 0.717) is 47.7 Å². The highest BCUT2D eigenvalue weighted by Gasteiger charge is 2.32. The fourth-order valence-corrected chi connectivity index (χ4v) is 3.93. The molecule has 1 unspecified atom stereocenters. The lowest BCUT2D eigenvalue weighted by Crippen LogP contribution is -2.56. The van der Waals surface area contributed by atoms with Crippen molar-refractivity contribution >= 4 is 34.9 Å². The predicted octanol–water partition coefficient (Wildman–Crippen LogP) is 3.79. The summed E-state index contributed by atoms with van der Waals surface area (Å²) in [5.74, 6) is 0.404. The van der Waals surface area contributed by atoms with E-state index in [1.807, 2.05) is 28.0 Å². The average Bonchev–Trinajstić information content (AvgIpc) is 2.67. The fourth-order valence-electron chi connectivity index (χ4n) is 3.41. The van der Waals surface area contributed by atoms with Gasteiger partial charge in [-0.15, -0.1) is 0 Å². The number of carboxylic acids is 1. The van der Waals surface area contributed by atoms with Gasteiger partial charge in [-0.2, -0.15) is 0 Å². The highest BCUT2D eigenvalue weighted by atomic mass is 35.5. The van der Waals surface area contributed by atoms with Crippen LogP contribution < -0.4 is 14.4 Å². The van der Waals surface area contributed by atoms with Crippen LogP contribution in [0, 0.1) is 0 Å². The van der Waals surface area contributed by atoms with Crippen molar-refractivity contribution in [3.05, 3.63) is 52.0 Å². The van der Waals surface area contributed by atoms with Gasteiger partial charge in [0, 0.05) is 41.9 Å². The average molecular weight is 425 g/mol. The smallest absolute Gasteiger partial charge is 0.322 e. The molecule has 0 aromatic heterocycles. The molecule has 1 atom stereocenters. The van der Waals surface area contributed by atoms with E-state index in [1.165, 1.54) is 0 Å². The van der Waals surface area contributed by atoms with Gasteiger partial charge in [0.2, 0.25) is 0 Å². The summed E-state index contributed by atoms with van der Waals surface area (Å²) in [6.45, 7) is 2.12. The Morgan fingerprint density at radius 3 is 2.36 bits per heavy atom. The zero-order valence-corrected chi connectivity index (χ0v) is 17.2. The third-order valence-corrected chi connectivity index (χ3v) is 5.26. The number of anilines is 1. The summed E-state index contributed by atoms with van der Waals surface area (Å²) < 4.78 is 10.6. The lowest BCUT2D eigenvalue weighted by molar-refractivity contribution is -0.143. The largest absolute Gasteiger partial charge is 0.493 e. The first-order valence-electron chi connectivity index (χ1n) is 8.80. The van der Waals surface area contributed by atoms with Crippen molar-refractivity contribution < 1.29 is 19.4 Å². The van der Waals surface area contributed by atoms with Crippen LogP contribution in [0.2, 0.25) is 10.0 Å². The van der Waals surface area contributed by atoms with Crippen LogP contribution in [0.25, 0.3) is 0 Å². The molecule has 2 aromatic carbocycles.